The van der Waals surface area contributed by atoms with E-state index in [0.717, 1.165) is 5.89 Å². The van der Waals surface area contributed by atoms with Crippen molar-refractivity contribution in [3.63, 3.8) is 0 Å². The molecule has 1 heterocycles. The summed E-state index contributed by atoms with van der Waals surface area (Å²) in [7, 11) is 0. The average molecular weight is 113 g/mol. The SMILES string of the molecule is CC.Cc1ncco1. The van der Waals surface area contributed by atoms with E-state index in [2.05, 4.69) is 4.98 Å². The molecule has 0 saturated carbocycles. The third-order valence-corrected chi connectivity index (χ3v) is 0.556. The van der Waals surface area contributed by atoms with Gasteiger partial charge in [-0.15, -0.1) is 0 Å². The molecule has 2 heteroatoms. The lowest BCUT2D eigenvalue weighted by molar-refractivity contribution is 0.521. The Labute approximate surface area is 49.5 Å². The molecule has 0 aromatic carbocycles. The molecular weight excluding hydrogens is 102 g/mol. The quantitative estimate of drug-likeness (QED) is 0.514. The van der Waals surface area contributed by atoms with Gasteiger partial charge >= 0.3 is 0 Å². The molecule has 0 aliphatic carbocycles. The Morgan fingerprint density at radius 2 is 2.12 bits per heavy atom. The zero-order chi connectivity index (χ0) is 6.41. The third-order valence-electron chi connectivity index (χ3n) is 0.556. The molecule has 0 N–H and O–H groups in total. The fourth-order valence-electron chi connectivity index (χ4n) is 0.295. The number of hydrogen-bond acceptors (Lipinski definition) is 2. The van der Waals surface area contributed by atoms with Gasteiger partial charge in [-0.3, -0.25) is 0 Å². The first kappa shape index (κ1) is 7.21. The number of aromatic nitrogens is 1. The lowest BCUT2D eigenvalue weighted by Gasteiger charge is -1.67. The van der Waals surface area contributed by atoms with Crippen LogP contribution >= 0.6 is 0 Å². The Morgan fingerprint density at radius 3 is 2.25 bits per heavy atom. The van der Waals surface area contributed by atoms with Gasteiger partial charge in [0.25, 0.3) is 0 Å². The summed E-state index contributed by atoms with van der Waals surface area (Å²) in [5, 5.41) is 0. The van der Waals surface area contributed by atoms with Gasteiger partial charge in [0.1, 0.15) is 6.26 Å². The largest absolute Gasteiger partial charge is 0.449 e. The minimum atomic E-state index is 0.718. The first-order valence-corrected chi connectivity index (χ1v) is 2.75. The maximum Gasteiger partial charge on any atom is 0.190 e. The minimum Gasteiger partial charge on any atom is -0.449 e. The number of nitrogens with zero attached hydrogens (tertiary/aromatic N) is 1. The van der Waals surface area contributed by atoms with Crippen molar-refractivity contribution in [2.45, 2.75) is 20.8 Å². The summed E-state index contributed by atoms with van der Waals surface area (Å²) in [5.74, 6) is 0.718. The molecule has 0 fully saturated rings. The van der Waals surface area contributed by atoms with E-state index in [1.807, 2.05) is 13.8 Å². The summed E-state index contributed by atoms with van der Waals surface area (Å²) in [4.78, 5) is 3.75. The number of aryl methyl sites for hydroxylation is 1. The molecule has 0 unspecified atom stereocenters. The predicted molar refractivity (Wildman–Crippen MR) is 32.6 cm³/mol. The smallest absolute Gasteiger partial charge is 0.190 e. The van der Waals surface area contributed by atoms with Crippen LogP contribution in [0.3, 0.4) is 0 Å². The second kappa shape index (κ2) is 4.37. The fraction of sp³-hybridized carbons (Fsp3) is 0.500. The van der Waals surface area contributed by atoms with Crippen molar-refractivity contribution in [2.75, 3.05) is 0 Å². The summed E-state index contributed by atoms with van der Waals surface area (Å²) in [6, 6.07) is 0. The Balaban J connectivity index is 0.000000222. The molecule has 0 spiro atoms. The molecule has 0 saturated heterocycles. The standard InChI is InChI=1S/C4H5NO.C2H6/c1-4-5-2-3-6-4;1-2/h2-3H,1H3;1-2H3. The van der Waals surface area contributed by atoms with Crippen LogP contribution in [0.2, 0.25) is 0 Å². The van der Waals surface area contributed by atoms with Crippen molar-refractivity contribution in [1.82, 2.24) is 4.98 Å². The van der Waals surface area contributed by atoms with E-state index in [9.17, 15) is 0 Å². The van der Waals surface area contributed by atoms with Crippen LogP contribution in [0.25, 0.3) is 0 Å². The molecule has 1 aromatic rings. The molecular formula is C6H11NO. The number of rotatable bonds is 0. The van der Waals surface area contributed by atoms with Crippen LogP contribution in [0, 0.1) is 6.92 Å². The van der Waals surface area contributed by atoms with Gasteiger partial charge in [-0.1, -0.05) is 13.8 Å². The van der Waals surface area contributed by atoms with Gasteiger partial charge in [-0.05, 0) is 0 Å². The van der Waals surface area contributed by atoms with Gasteiger partial charge < -0.3 is 4.42 Å². The summed E-state index contributed by atoms with van der Waals surface area (Å²) in [6.45, 7) is 5.81. The molecule has 8 heavy (non-hydrogen) atoms. The van der Waals surface area contributed by atoms with E-state index in [1.165, 1.54) is 0 Å². The van der Waals surface area contributed by atoms with Crippen molar-refractivity contribution in [3.05, 3.63) is 18.4 Å². The van der Waals surface area contributed by atoms with Crippen LogP contribution in [0.5, 0.6) is 0 Å². The first-order valence-electron chi connectivity index (χ1n) is 2.75. The minimum absolute atomic E-state index is 0.718. The van der Waals surface area contributed by atoms with Crippen LogP contribution in [-0.2, 0) is 0 Å². The van der Waals surface area contributed by atoms with E-state index in [1.54, 1.807) is 19.4 Å². The van der Waals surface area contributed by atoms with E-state index < -0.39 is 0 Å². The van der Waals surface area contributed by atoms with Gasteiger partial charge in [0, 0.05) is 6.92 Å². The average Bonchev–Trinajstić information content (AvgIpc) is 2.24. The first-order chi connectivity index (χ1) is 3.89. The number of oxazole rings is 1. The van der Waals surface area contributed by atoms with Crippen molar-refractivity contribution in [3.8, 4) is 0 Å². The van der Waals surface area contributed by atoms with Gasteiger partial charge in [-0.25, -0.2) is 4.98 Å². The highest BCUT2D eigenvalue weighted by Crippen LogP contribution is 1.86. The van der Waals surface area contributed by atoms with Crippen LogP contribution in [-0.4, -0.2) is 4.98 Å². The van der Waals surface area contributed by atoms with Crippen molar-refractivity contribution in [1.29, 1.82) is 0 Å². The maximum atomic E-state index is 4.72. The summed E-state index contributed by atoms with van der Waals surface area (Å²) in [6.07, 6.45) is 3.17. The van der Waals surface area contributed by atoms with Gasteiger partial charge in [0.05, 0.1) is 6.20 Å². The normalized spacial score (nSPS) is 7.38. The molecule has 0 atom stereocenters. The topological polar surface area (TPSA) is 26.0 Å². The summed E-state index contributed by atoms with van der Waals surface area (Å²) >= 11 is 0. The molecule has 2 nitrogen and oxygen atoms in total. The molecule has 0 amide bonds. The summed E-state index contributed by atoms with van der Waals surface area (Å²) in [5.41, 5.74) is 0. The second-order valence-corrected chi connectivity index (χ2v) is 1.05. The Bertz CT molecular complexity index is 112. The fourth-order valence-corrected chi connectivity index (χ4v) is 0.295. The van der Waals surface area contributed by atoms with Crippen molar-refractivity contribution < 1.29 is 4.42 Å². The number of hydrogen-bond donors (Lipinski definition) is 0. The van der Waals surface area contributed by atoms with E-state index in [0.29, 0.717) is 0 Å². The lowest BCUT2D eigenvalue weighted by atomic mass is 10.8. The molecule has 1 aromatic heterocycles. The van der Waals surface area contributed by atoms with Crippen LogP contribution in [0.4, 0.5) is 0 Å². The van der Waals surface area contributed by atoms with Crippen molar-refractivity contribution >= 4 is 0 Å². The highest BCUT2D eigenvalue weighted by atomic mass is 16.3. The van der Waals surface area contributed by atoms with Crippen LogP contribution in [0.1, 0.15) is 19.7 Å². The third kappa shape index (κ3) is 2.39. The van der Waals surface area contributed by atoms with Crippen molar-refractivity contribution in [2.24, 2.45) is 0 Å². The second-order valence-electron chi connectivity index (χ2n) is 1.05. The maximum absolute atomic E-state index is 4.72. The Morgan fingerprint density at radius 1 is 1.50 bits per heavy atom. The van der Waals surface area contributed by atoms with E-state index in [-0.39, 0.29) is 0 Å². The highest BCUT2D eigenvalue weighted by molar-refractivity contribution is 4.72. The molecule has 46 valence electrons. The monoisotopic (exact) mass is 113 g/mol. The van der Waals surface area contributed by atoms with Crippen LogP contribution in [0.15, 0.2) is 16.9 Å². The van der Waals surface area contributed by atoms with E-state index >= 15 is 0 Å². The van der Waals surface area contributed by atoms with Gasteiger partial charge in [0.15, 0.2) is 5.89 Å². The summed E-state index contributed by atoms with van der Waals surface area (Å²) < 4.78 is 4.72. The predicted octanol–water partition coefficient (Wildman–Crippen LogP) is 2.01. The molecule has 0 aliphatic heterocycles. The van der Waals surface area contributed by atoms with Gasteiger partial charge in [0.2, 0.25) is 0 Å². The molecule has 0 aliphatic rings. The molecule has 0 bridgehead atoms. The zero-order valence-corrected chi connectivity index (χ0v) is 5.51. The lowest BCUT2D eigenvalue weighted by Crippen LogP contribution is -1.59. The van der Waals surface area contributed by atoms with Gasteiger partial charge in [-0.2, -0.15) is 0 Å². The Hall–Kier alpha value is -0.790. The zero-order valence-electron chi connectivity index (χ0n) is 5.51. The Kier molecular flexibility index (Phi) is 3.94. The highest BCUT2D eigenvalue weighted by Gasteiger charge is 1.77. The van der Waals surface area contributed by atoms with Crippen LogP contribution < -0.4 is 0 Å². The molecule has 1 rings (SSSR count). The molecule has 0 radical (unpaired) electrons. The van der Waals surface area contributed by atoms with E-state index in [4.69, 9.17) is 4.42 Å².